The monoisotopic (exact) mass is 430 g/mol. The van der Waals surface area contributed by atoms with Crippen molar-refractivity contribution in [2.45, 2.75) is 54.0 Å². The lowest BCUT2D eigenvalue weighted by molar-refractivity contribution is -0.130. The standard InChI is InChI=1S/C25H30N6O/c1-16-14-24-26-17(2)22(19(4)31(24)27-16)12-13-25(32)29(6)15-23-18(3)28-30(20(23)5)21-10-8-7-9-11-21/h7-11,14H,12-13,15H2,1-6H3. The smallest absolute Gasteiger partial charge is 0.222 e. The van der Waals surface area contributed by atoms with Gasteiger partial charge in [0.25, 0.3) is 0 Å². The maximum atomic E-state index is 13.0. The zero-order valence-electron chi connectivity index (χ0n) is 19.7. The molecule has 0 spiro atoms. The highest BCUT2D eigenvalue weighted by Gasteiger charge is 2.18. The number of hydrogen-bond acceptors (Lipinski definition) is 4. The van der Waals surface area contributed by atoms with Crippen LogP contribution in [0.3, 0.4) is 0 Å². The summed E-state index contributed by atoms with van der Waals surface area (Å²) in [7, 11) is 1.86. The van der Waals surface area contributed by atoms with Crippen LogP contribution in [0.1, 0.15) is 46.0 Å². The molecule has 1 amide bonds. The minimum atomic E-state index is 0.104. The van der Waals surface area contributed by atoms with E-state index in [4.69, 9.17) is 5.10 Å². The average molecular weight is 431 g/mol. The van der Waals surface area contributed by atoms with Crippen molar-refractivity contribution in [3.63, 3.8) is 0 Å². The fourth-order valence-corrected chi connectivity index (χ4v) is 4.28. The highest BCUT2D eigenvalue weighted by atomic mass is 16.2. The third-order valence-electron chi connectivity index (χ3n) is 6.14. The largest absolute Gasteiger partial charge is 0.341 e. The van der Waals surface area contributed by atoms with Crippen LogP contribution in [0.5, 0.6) is 0 Å². The number of nitrogens with zero attached hydrogens (tertiary/aromatic N) is 6. The topological polar surface area (TPSA) is 68.3 Å². The van der Waals surface area contributed by atoms with E-state index in [1.807, 2.05) is 80.3 Å². The molecule has 0 saturated carbocycles. The van der Waals surface area contributed by atoms with Gasteiger partial charge >= 0.3 is 0 Å². The highest BCUT2D eigenvalue weighted by Crippen LogP contribution is 2.21. The predicted octanol–water partition coefficient (Wildman–Crippen LogP) is 4.05. The number of aromatic nitrogens is 5. The van der Waals surface area contributed by atoms with Crippen LogP contribution in [0.15, 0.2) is 36.4 Å². The Morgan fingerprint density at radius 2 is 1.66 bits per heavy atom. The Morgan fingerprint density at radius 3 is 2.38 bits per heavy atom. The summed E-state index contributed by atoms with van der Waals surface area (Å²) in [5.74, 6) is 0.104. The Bertz CT molecular complexity index is 1290. The highest BCUT2D eigenvalue weighted by molar-refractivity contribution is 5.76. The minimum absolute atomic E-state index is 0.104. The third kappa shape index (κ3) is 4.02. The summed E-state index contributed by atoms with van der Waals surface area (Å²) in [5, 5.41) is 9.23. The fourth-order valence-electron chi connectivity index (χ4n) is 4.28. The van der Waals surface area contributed by atoms with E-state index < -0.39 is 0 Å². The molecule has 0 bridgehead atoms. The van der Waals surface area contributed by atoms with Crippen LogP contribution >= 0.6 is 0 Å². The van der Waals surface area contributed by atoms with Gasteiger partial charge in [-0.05, 0) is 58.7 Å². The molecule has 0 aliphatic carbocycles. The van der Waals surface area contributed by atoms with E-state index in [0.717, 1.165) is 50.9 Å². The van der Waals surface area contributed by atoms with Gasteiger partial charge in [-0.15, -0.1) is 0 Å². The molecule has 3 aromatic heterocycles. The van der Waals surface area contributed by atoms with Crippen molar-refractivity contribution in [1.29, 1.82) is 0 Å². The molecule has 4 aromatic rings. The van der Waals surface area contributed by atoms with E-state index >= 15 is 0 Å². The summed E-state index contributed by atoms with van der Waals surface area (Å²) in [6.07, 6.45) is 1.07. The molecule has 4 rings (SSSR count). The van der Waals surface area contributed by atoms with Gasteiger partial charge in [0, 0.05) is 48.7 Å². The van der Waals surface area contributed by atoms with Crippen molar-refractivity contribution in [2.24, 2.45) is 0 Å². The molecule has 0 unspecified atom stereocenters. The summed E-state index contributed by atoms with van der Waals surface area (Å²) < 4.78 is 3.82. The molecule has 0 aliphatic heterocycles. The number of amides is 1. The van der Waals surface area contributed by atoms with E-state index in [9.17, 15) is 4.79 Å². The fraction of sp³-hybridized carbons (Fsp3) is 0.360. The van der Waals surface area contributed by atoms with E-state index in [-0.39, 0.29) is 5.91 Å². The van der Waals surface area contributed by atoms with Crippen LogP contribution in [0.2, 0.25) is 0 Å². The van der Waals surface area contributed by atoms with E-state index in [1.54, 1.807) is 4.90 Å². The van der Waals surface area contributed by atoms with Crippen molar-refractivity contribution < 1.29 is 4.79 Å². The first-order valence-corrected chi connectivity index (χ1v) is 10.9. The zero-order chi connectivity index (χ0) is 23.0. The van der Waals surface area contributed by atoms with Gasteiger partial charge in [0.05, 0.1) is 17.1 Å². The number of fused-ring (bicyclic) bond motifs is 1. The first-order valence-electron chi connectivity index (χ1n) is 10.9. The molecule has 0 atom stereocenters. The Hall–Kier alpha value is -3.48. The summed E-state index contributed by atoms with van der Waals surface area (Å²) in [4.78, 5) is 19.4. The summed E-state index contributed by atoms with van der Waals surface area (Å²) >= 11 is 0. The minimum Gasteiger partial charge on any atom is -0.341 e. The lowest BCUT2D eigenvalue weighted by Crippen LogP contribution is -2.27. The van der Waals surface area contributed by atoms with Crippen molar-refractivity contribution >= 4 is 11.6 Å². The first-order chi connectivity index (χ1) is 15.3. The van der Waals surface area contributed by atoms with Gasteiger partial charge < -0.3 is 4.90 Å². The Balaban J connectivity index is 1.48. The van der Waals surface area contributed by atoms with Crippen LogP contribution in [0.25, 0.3) is 11.3 Å². The normalized spacial score (nSPS) is 11.3. The number of aryl methyl sites for hydroxylation is 4. The molecule has 166 valence electrons. The van der Waals surface area contributed by atoms with Crippen LogP contribution in [-0.2, 0) is 17.8 Å². The molecule has 0 saturated heterocycles. The molecule has 1 aromatic carbocycles. The Kier molecular flexibility index (Phi) is 5.82. The molecule has 0 fully saturated rings. The number of hydrogen-bond donors (Lipinski definition) is 0. The van der Waals surface area contributed by atoms with Gasteiger partial charge in [0.1, 0.15) is 0 Å². The van der Waals surface area contributed by atoms with Crippen molar-refractivity contribution in [2.75, 3.05) is 7.05 Å². The molecular formula is C25H30N6O. The van der Waals surface area contributed by atoms with Crippen molar-refractivity contribution in [1.82, 2.24) is 29.3 Å². The summed E-state index contributed by atoms with van der Waals surface area (Å²) in [6.45, 7) is 10.6. The second-order valence-corrected chi connectivity index (χ2v) is 8.46. The van der Waals surface area contributed by atoms with Gasteiger partial charge in [0.15, 0.2) is 5.65 Å². The van der Waals surface area contributed by atoms with E-state index in [1.165, 1.54) is 0 Å². The second kappa shape index (κ2) is 8.57. The van der Waals surface area contributed by atoms with Crippen LogP contribution in [-0.4, -0.2) is 42.2 Å². The van der Waals surface area contributed by atoms with Crippen molar-refractivity contribution in [3.05, 3.63) is 76.0 Å². The number of carbonyl (C=O) groups excluding carboxylic acids is 1. The SMILES string of the molecule is Cc1cc2nc(C)c(CCC(=O)N(C)Cc3c(C)nn(-c4ccccc4)c3C)c(C)n2n1. The van der Waals surface area contributed by atoms with Gasteiger partial charge in [-0.1, -0.05) is 18.2 Å². The average Bonchev–Trinajstić information content (AvgIpc) is 3.27. The molecule has 32 heavy (non-hydrogen) atoms. The van der Waals surface area contributed by atoms with Gasteiger partial charge in [-0.25, -0.2) is 14.2 Å². The first kappa shape index (κ1) is 21.7. The molecule has 0 aliphatic rings. The van der Waals surface area contributed by atoms with Gasteiger partial charge in [0.2, 0.25) is 5.91 Å². The van der Waals surface area contributed by atoms with Gasteiger partial charge in [-0.2, -0.15) is 10.2 Å². The second-order valence-electron chi connectivity index (χ2n) is 8.46. The van der Waals surface area contributed by atoms with Crippen LogP contribution in [0, 0.1) is 34.6 Å². The maximum absolute atomic E-state index is 13.0. The number of para-hydroxylation sites is 1. The maximum Gasteiger partial charge on any atom is 0.222 e. The molecule has 0 radical (unpaired) electrons. The van der Waals surface area contributed by atoms with Crippen molar-refractivity contribution in [3.8, 4) is 5.69 Å². The van der Waals surface area contributed by atoms with E-state index in [0.29, 0.717) is 19.4 Å². The van der Waals surface area contributed by atoms with Gasteiger partial charge in [-0.3, -0.25) is 4.79 Å². The number of carbonyl (C=O) groups is 1. The molecule has 3 heterocycles. The lowest BCUT2D eigenvalue weighted by Gasteiger charge is -2.18. The third-order valence-corrected chi connectivity index (χ3v) is 6.14. The molecule has 7 heteroatoms. The predicted molar refractivity (Wildman–Crippen MR) is 125 cm³/mol. The quantitative estimate of drug-likeness (QED) is 0.463. The Labute approximate surface area is 188 Å². The lowest BCUT2D eigenvalue weighted by atomic mass is 10.1. The van der Waals surface area contributed by atoms with Crippen LogP contribution in [0.4, 0.5) is 0 Å². The molecular weight excluding hydrogens is 400 g/mol. The molecule has 0 N–H and O–H groups in total. The Morgan fingerprint density at radius 1 is 0.938 bits per heavy atom. The molecule has 7 nitrogen and oxygen atoms in total. The zero-order valence-corrected chi connectivity index (χ0v) is 19.7. The van der Waals surface area contributed by atoms with E-state index in [2.05, 4.69) is 17.0 Å². The summed E-state index contributed by atoms with van der Waals surface area (Å²) in [6, 6.07) is 12.0. The number of benzene rings is 1. The number of rotatable bonds is 6. The summed E-state index contributed by atoms with van der Waals surface area (Å²) in [5.41, 5.74) is 9.01. The van der Waals surface area contributed by atoms with Crippen LogP contribution < -0.4 is 0 Å².